The van der Waals surface area contributed by atoms with Gasteiger partial charge in [0.2, 0.25) is 0 Å². The van der Waals surface area contributed by atoms with Gasteiger partial charge in [0, 0.05) is 10.8 Å². The maximum absolute atomic E-state index is 14.8. The number of benzene rings is 2. The molecule has 0 bridgehead atoms. The predicted octanol–water partition coefficient (Wildman–Crippen LogP) is 0.834. The highest BCUT2D eigenvalue weighted by Crippen LogP contribution is 2.36. The lowest BCUT2D eigenvalue weighted by Gasteiger charge is -2.15. The van der Waals surface area contributed by atoms with E-state index in [1.165, 1.54) is 18.2 Å². The summed E-state index contributed by atoms with van der Waals surface area (Å²) in [5.74, 6) is -1.90. The third-order valence-corrected chi connectivity index (χ3v) is 3.84. The zero-order valence-corrected chi connectivity index (χ0v) is 13.8. The lowest BCUT2D eigenvalue weighted by molar-refractivity contribution is -0.120. The molecular weight excluding hydrogens is 382 g/mol. The number of hydrogen-bond donors (Lipinski definition) is 3. The lowest BCUT2D eigenvalue weighted by atomic mass is 9.78. The van der Waals surface area contributed by atoms with E-state index in [2.05, 4.69) is 19.7 Å². The molecule has 3 rings (SSSR count). The van der Waals surface area contributed by atoms with Crippen molar-refractivity contribution >= 4 is 35.6 Å². The number of hydrogen-bond acceptors (Lipinski definition) is 8. The standard InChI is InChI=1S/C16H11BF3N3O5/c18-13-9(17(25)26)3-4-11(28-16(19)20)12(13)7-1-2-8-10(5-7)22-23-15(14(8)21)27-6-24/h1-6,16,25-26H,(H2,21,22). The molecule has 0 amide bonds. The zero-order valence-electron chi connectivity index (χ0n) is 13.8. The van der Waals surface area contributed by atoms with Gasteiger partial charge in [-0.3, -0.25) is 4.79 Å². The third kappa shape index (κ3) is 3.55. The number of alkyl halides is 2. The van der Waals surface area contributed by atoms with Crippen LogP contribution in [-0.4, -0.2) is 40.4 Å². The Morgan fingerprint density at radius 2 is 1.93 bits per heavy atom. The minimum Gasteiger partial charge on any atom is -0.434 e. The van der Waals surface area contributed by atoms with Crippen molar-refractivity contribution in [1.82, 2.24) is 10.2 Å². The fraction of sp³-hybridized carbons (Fsp3) is 0.0625. The van der Waals surface area contributed by atoms with E-state index in [0.717, 1.165) is 12.1 Å². The van der Waals surface area contributed by atoms with Gasteiger partial charge >= 0.3 is 13.7 Å². The highest BCUT2D eigenvalue weighted by molar-refractivity contribution is 6.58. The normalized spacial score (nSPS) is 10.9. The molecule has 0 aliphatic rings. The van der Waals surface area contributed by atoms with E-state index in [1.807, 2.05) is 0 Å². The molecule has 2 aromatic carbocycles. The van der Waals surface area contributed by atoms with Gasteiger partial charge in [-0.1, -0.05) is 12.1 Å². The molecule has 1 aromatic heterocycles. The second kappa shape index (κ2) is 7.70. The molecule has 8 nitrogen and oxygen atoms in total. The van der Waals surface area contributed by atoms with Crippen molar-refractivity contribution in [3.8, 4) is 22.8 Å². The molecule has 0 atom stereocenters. The maximum atomic E-state index is 14.8. The Balaban J connectivity index is 2.21. The molecule has 0 unspecified atom stereocenters. The fourth-order valence-electron chi connectivity index (χ4n) is 2.64. The number of rotatable bonds is 6. The van der Waals surface area contributed by atoms with Crippen molar-refractivity contribution in [3.05, 3.63) is 36.1 Å². The van der Waals surface area contributed by atoms with Crippen LogP contribution in [0.5, 0.6) is 11.6 Å². The highest BCUT2D eigenvalue weighted by atomic mass is 19.3. The fourth-order valence-corrected chi connectivity index (χ4v) is 2.64. The zero-order chi connectivity index (χ0) is 20.4. The van der Waals surface area contributed by atoms with Crippen LogP contribution in [0.15, 0.2) is 30.3 Å². The Morgan fingerprint density at radius 3 is 2.57 bits per heavy atom. The monoisotopic (exact) mass is 393 g/mol. The number of nitrogens with zero attached hydrogens (tertiary/aromatic N) is 2. The van der Waals surface area contributed by atoms with Gasteiger partial charge in [0.05, 0.1) is 11.1 Å². The van der Waals surface area contributed by atoms with Crippen molar-refractivity contribution in [1.29, 1.82) is 0 Å². The summed E-state index contributed by atoms with van der Waals surface area (Å²) in [5, 5.41) is 26.3. The van der Waals surface area contributed by atoms with Crippen LogP contribution in [-0.2, 0) is 4.79 Å². The summed E-state index contributed by atoms with van der Waals surface area (Å²) in [6.45, 7) is -3.11. The number of anilines is 1. The third-order valence-electron chi connectivity index (χ3n) is 3.84. The predicted molar refractivity (Wildman–Crippen MR) is 92.5 cm³/mol. The van der Waals surface area contributed by atoms with Crippen molar-refractivity contribution < 1.29 is 37.5 Å². The minimum absolute atomic E-state index is 0.00675. The molecule has 3 aromatic rings. The Labute approximate surface area is 155 Å². The molecule has 28 heavy (non-hydrogen) atoms. The van der Waals surface area contributed by atoms with Crippen molar-refractivity contribution in [2.24, 2.45) is 0 Å². The molecule has 144 valence electrons. The van der Waals surface area contributed by atoms with Crippen LogP contribution in [0.25, 0.3) is 22.0 Å². The Bertz CT molecular complexity index is 1050. The average molecular weight is 393 g/mol. The first-order valence-corrected chi connectivity index (χ1v) is 7.63. The summed E-state index contributed by atoms with van der Waals surface area (Å²) >= 11 is 0. The number of aromatic nitrogens is 2. The largest absolute Gasteiger partial charge is 0.491 e. The summed E-state index contributed by atoms with van der Waals surface area (Å²) in [4.78, 5) is 10.4. The molecule has 0 aliphatic carbocycles. The summed E-state index contributed by atoms with van der Waals surface area (Å²) in [6, 6.07) is 5.91. The van der Waals surface area contributed by atoms with Crippen LogP contribution in [0.3, 0.4) is 0 Å². The van der Waals surface area contributed by atoms with Gasteiger partial charge in [0.15, 0.2) is 0 Å². The van der Waals surface area contributed by atoms with E-state index in [0.29, 0.717) is 5.39 Å². The number of carbonyl (C=O) groups excluding carboxylic acids is 1. The van der Waals surface area contributed by atoms with Gasteiger partial charge in [0.25, 0.3) is 12.4 Å². The SMILES string of the molecule is Nc1c(OC=O)nnc2cc(-c3c(OC(F)F)ccc(B(O)O)c3F)ccc12. The second-order valence-electron chi connectivity index (χ2n) is 5.46. The Hall–Kier alpha value is -3.38. The first kappa shape index (κ1) is 19.4. The van der Waals surface area contributed by atoms with Crippen LogP contribution in [0.1, 0.15) is 0 Å². The summed E-state index contributed by atoms with van der Waals surface area (Å²) in [7, 11) is -2.17. The van der Waals surface area contributed by atoms with Crippen molar-refractivity contribution in [3.63, 3.8) is 0 Å². The van der Waals surface area contributed by atoms with Gasteiger partial charge in [0.1, 0.15) is 17.3 Å². The summed E-state index contributed by atoms with van der Waals surface area (Å²) in [5.41, 5.74) is 5.05. The van der Waals surface area contributed by atoms with E-state index < -0.39 is 36.3 Å². The number of halogens is 3. The van der Waals surface area contributed by atoms with Gasteiger partial charge in [-0.15, -0.1) is 10.2 Å². The Kier molecular flexibility index (Phi) is 5.33. The smallest absolute Gasteiger partial charge is 0.434 e. The molecule has 0 saturated heterocycles. The van der Waals surface area contributed by atoms with Crippen LogP contribution >= 0.6 is 0 Å². The van der Waals surface area contributed by atoms with Crippen LogP contribution in [0.2, 0.25) is 0 Å². The van der Waals surface area contributed by atoms with Crippen LogP contribution < -0.4 is 20.7 Å². The molecular formula is C16H11BF3N3O5. The summed E-state index contributed by atoms with van der Waals surface area (Å²) in [6.07, 6.45) is 0. The quantitative estimate of drug-likeness (QED) is 0.415. The molecule has 1 heterocycles. The Morgan fingerprint density at radius 1 is 1.18 bits per heavy atom. The van der Waals surface area contributed by atoms with Gasteiger partial charge in [-0.05, 0) is 23.8 Å². The van der Waals surface area contributed by atoms with Gasteiger partial charge in [-0.2, -0.15) is 8.78 Å². The molecule has 4 N–H and O–H groups in total. The van der Waals surface area contributed by atoms with E-state index in [4.69, 9.17) is 5.73 Å². The topological polar surface area (TPSA) is 128 Å². The minimum atomic E-state index is -3.23. The number of carbonyl (C=O) groups is 1. The number of nitrogens with two attached hydrogens (primary N) is 1. The van der Waals surface area contributed by atoms with E-state index in [1.54, 1.807) is 0 Å². The molecule has 0 aliphatic heterocycles. The second-order valence-corrected chi connectivity index (χ2v) is 5.46. The first-order chi connectivity index (χ1) is 13.3. The maximum Gasteiger partial charge on any atom is 0.491 e. The van der Waals surface area contributed by atoms with Crippen molar-refractivity contribution in [2.45, 2.75) is 6.61 Å². The molecule has 0 spiro atoms. The molecule has 12 heteroatoms. The highest BCUT2D eigenvalue weighted by Gasteiger charge is 2.25. The average Bonchev–Trinajstić information content (AvgIpc) is 2.63. The summed E-state index contributed by atoms with van der Waals surface area (Å²) < 4.78 is 49.1. The van der Waals surface area contributed by atoms with Gasteiger partial charge < -0.3 is 25.3 Å². The van der Waals surface area contributed by atoms with E-state index in [9.17, 15) is 28.0 Å². The molecule has 0 radical (unpaired) electrons. The van der Waals surface area contributed by atoms with E-state index >= 15 is 0 Å². The lowest BCUT2D eigenvalue weighted by Crippen LogP contribution is -2.33. The van der Waals surface area contributed by atoms with Crippen LogP contribution in [0, 0.1) is 5.82 Å². The van der Waals surface area contributed by atoms with Crippen molar-refractivity contribution in [2.75, 3.05) is 5.73 Å². The number of fused-ring (bicyclic) bond motifs is 1. The van der Waals surface area contributed by atoms with E-state index in [-0.39, 0.29) is 29.1 Å². The molecule has 0 saturated carbocycles. The number of ether oxygens (including phenoxy) is 2. The van der Waals surface area contributed by atoms with Gasteiger partial charge in [-0.25, -0.2) is 4.39 Å². The molecule has 0 fully saturated rings. The number of nitrogen functional groups attached to an aromatic ring is 1. The first-order valence-electron chi connectivity index (χ1n) is 7.63. The van der Waals surface area contributed by atoms with Crippen LogP contribution in [0.4, 0.5) is 18.9 Å².